The summed E-state index contributed by atoms with van der Waals surface area (Å²) in [4.78, 5) is 0. The van der Waals surface area contributed by atoms with Crippen molar-refractivity contribution in [2.45, 2.75) is 38.6 Å². The van der Waals surface area contributed by atoms with Crippen LogP contribution >= 0.6 is 11.6 Å². The molecule has 0 aliphatic carbocycles. The lowest BCUT2D eigenvalue weighted by atomic mass is 10.1. The van der Waals surface area contributed by atoms with Gasteiger partial charge in [-0.1, -0.05) is 31.0 Å². The Morgan fingerprint density at radius 3 is 2.41 bits per heavy atom. The van der Waals surface area contributed by atoms with Gasteiger partial charge in [0.05, 0.1) is 19.2 Å². The molecule has 7 heteroatoms. The normalized spacial score (nSPS) is 13.1. The van der Waals surface area contributed by atoms with Gasteiger partial charge in [-0.15, -0.1) is 0 Å². The summed E-state index contributed by atoms with van der Waals surface area (Å²) in [6.45, 7) is 2.39. The topological polar surface area (TPSA) is 60.0 Å². The van der Waals surface area contributed by atoms with Gasteiger partial charge in [0.25, 0.3) is 0 Å². The molecule has 2 N–H and O–H groups in total. The van der Waals surface area contributed by atoms with Crippen LogP contribution in [0.3, 0.4) is 0 Å². The summed E-state index contributed by atoms with van der Waals surface area (Å²) >= 11 is 6.02. The summed E-state index contributed by atoms with van der Waals surface area (Å²) in [6.07, 6.45) is -0.0517. The standard InChI is InChI=1S/C20H25ClFNO4/c1-4-5-18(27-16-9-7-14(22)11-15(16)21)20(24)23-12-13-6-8-17(25-2)19(10-13)26-3/h6-11,18,20,23-24H,4-5,12H2,1-3H3. The summed E-state index contributed by atoms with van der Waals surface area (Å²) in [5.41, 5.74) is 0.918. The number of hydrogen-bond acceptors (Lipinski definition) is 5. The number of rotatable bonds is 10. The molecule has 0 radical (unpaired) electrons. The maximum atomic E-state index is 13.2. The van der Waals surface area contributed by atoms with E-state index >= 15 is 0 Å². The molecule has 0 amide bonds. The molecule has 2 rings (SSSR count). The molecule has 148 valence electrons. The minimum atomic E-state index is -0.931. The lowest BCUT2D eigenvalue weighted by Crippen LogP contribution is -2.42. The fraction of sp³-hybridized carbons (Fsp3) is 0.400. The number of hydrogen-bond donors (Lipinski definition) is 2. The van der Waals surface area contributed by atoms with Crippen molar-refractivity contribution < 1.29 is 23.7 Å². The predicted molar refractivity (Wildman–Crippen MR) is 103 cm³/mol. The summed E-state index contributed by atoms with van der Waals surface area (Å²) in [7, 11) is 3.15. The number of benzene rings is 2. The van der Waals surface area contributed by atoms with Gasteiger partial charge in [-0.25, -0.2) is 4.39 Å². The molecule has 2 atom stereocenters. The zero-order valence-electron chi connectivity index (χ0n) is 15.7. The highest BCUT2D eigenvalue weighted by molar-refractivity contribution is 6.32. The third-order valence-electron chi connectivity index (χ3n) is 4.06. The highest BCUT2D eigenvalue weighted by Crippen LogP contribution is 2.28. The zero-order chi connectivity index (χ0) is 19.8. The second-order valence-electron chi connectivity index (χ2n) is 6.03. The van der Waals surface area contributed by atoms with E-state index in [0.717, 1.165) is 12.0 Å². The molecule has 0 saturated carbocycles. The molecule has 0 fully saturated rings. The van der Waals surface area contributed by atoms with Crippen LogP contribution in [0.15, 0.2) is 36.4 Å². The van der Waals surface area contributed by atoms with Gasteiger partial charge < -0.3 is 19.3 Å². The molecule has 0 aliphatic rings. The van der Waals surface area contributed by atoms with Crippen LogP contribution in [-0.4, -0.2) is 31.7 Å². The highest BCUT2D eigenvalue weighted by atomic mass is 35.5. The van der Waals surface area contributed by atoms with Crippen LogP contribution in [0.4, 0.5) is 4.39 Å². The van der Waals surface area contributed by atoms with Crippen LogP contribution in [0, 0.1) is 5.82 Å². The molecule has 5 nitrogen and oxygen atoms in total. The maximum Gasteiger partial charge on any atom is 0.161 e. The fourth-order valence-electron chi connectivity index (χ4n) is 2.64. The number of aliphatic hydroxyl groups is 1. The van der Waals surface area contributed by atoms with Crippen molar-refractivity contribution in [3.8, 4) is 17.2 Å². The zero-order valence-corrected chi connectivity index (χ0v) is 16.4. The van der Waals surface area contributed by atoms with Gasteiger partial charge in [0, 0.05) is 6.54 Å². The predicted octanol–water partition coefficient (Wildman–Crippen LogP) is 4.15. The van der Waals surface area contributed by atoms with Gasteiger partial charge in [-0.2, -0.15) is 0 Å². The molecule has 0 aliphatic heterocycles. The van der Waals surface area contributed by atoms with E-state index in [2.05, 4.69) is 5.32 Å². The second-order valence-corrected chi connectivity index (χ2v) is 6.44. The van der Waals surface area contributed by atoms with E-state index in [-0.39, 0.29) is 5.02 Å². The fourth-order valence-corrected chi connectivity index (χ4v) is 2.86. The summed E-state index contributed by atoms with van der Waals surface area (Å²) in [6, 6.07) is 9.44. The minimum absolute atomic E-state index is 0.170. The number of aliphatic hydroxyl groups excluding tert-OH is 1. The SMILES string of the molecule is CCCC(Oc1ccc(F)cc1Cl)C(O)NCc1ccc(OC)c(OC)c1. The first-order valence-electron chi connectivity index (χ1n) is 8.72. The van der Waals surface area contributed by atoms with Crippen molar-refractivity contribution in [2.75, 3.05) is 14.2 Å². The van der Waals surface area contributed by atoms with Crippen LogP contribution in [-0.2, 0) is 6.54 Å². The molecule has 2 aromatic carbocycles. The average Bonchev–Trinajstić information content (AvgIpc) is 2.67. The van der Waals surface area contributed by atoms with Crippen molar-refractivity contribution in [2.24, 2.45) is 0 Å². The molecule has 0 bridgehead atoms. The van der Waals surface area contributed by atoms with Gasteiger partial charge in [0.1, 0.15) is 23.9 Å². The van der Waals surface area contributed by atoms with Gasteiger partial charge in [-0.3, -0.25) is 5.32 Å². The number of ether oxygens (including phenoxy) is 3. The van der Waals surface area contributed by atoms with Gasteiger partial charge >= 0.3 is 0 Å². The largest absolute Gasteiger partial charge is 0.493 e. The van der Waals surface area contributed by atoms with E-state index in [0.29, 0.717) is 30.2 Å². The Kier molecular flexibility index (Phi) is 8.16. The molecular weight excluding hydrogens is 373 g/mol. The molecule has 2 unspecified atom stereocenters. The van der Waals surface area contributed by atoms with Gasteiger partial charge in [-0.05, 0) is 42.3 Å². The Bertz CT molecular complexity index is 744. The quantitative estimate of drug-likeness (QED) is 0.590. The average molecular weight is 398 g/mol. The smallest absolute Gasteiger partial charge is 0.161 e. The molecular formula is C20H25ClFNO4. The summed E-state index contributed by atoms with van der Waals surface area (Å²) < 4.78 is 29.5. The Morgan fingerprint density at radius 1 is 1.07 bits per heavy atom. The van der Waals surface area contributed by atoms with Crippen molar-refractivity contribution in [1.82, 2.24) is 5.32 Å². The Morgan fingerprint density at radius 2 is 1.78 bits per heavy atom. The Hall–Kier alpha value is -2.02. The highest BCUT2D eigenvalue weighted by Gasteiger charge is 2.21. The van der Waals surface area contributed by atoms with Crippen LogP contribution in [0.1, 0.15) is 25.3 Å². The number of halogens is 2. The molecule has 0 saturated heterocycles. The first kappa shape index (κ1) is 21.3. The Balaban J connectivity index is 2.03. The second kappa shape index (κ2) is 10.3. The molecule has 2 aromatic rings. The third-order valence-corrected chi connectivity index (χ3v) is 4.36. The molecule has 0 heterocycles. The van der Waals surface area contributed by atoms with Crippen molar-refractivity contribution >= 4 is 11.6 Å². The van der Waals surface area contributed by atoms with Gasteiger partial charge in [0.15, 0.2) is 11.5 Å². The maximum absolute atomic E-state index is 13.2. The summed E-state index contributed by atoms with van der Waals surface area (Å²) in [5.74, 6) is 1.15. The monoisotopic (exact) mass is 397 g/mol. The van der Waals surface area contributed by atoms with Crippen molar-refractivity contribution in [3.63, 3.8) is 0 Å². The number of nitrogens with one attached hydrogen (secondary N) is 1. The van der Waals surface area contributed by atoms with Crippen molar-refractivity contribution in [3.05, 3.63) is 52.8 Å². The number of methoxy groups -OCH3 is 2. The third kappa shape index (κ3) is 5.99. The summed E-state index contributed by atoms with van der Waals surface area (Å²) in [5, 5.41) is 13.7. The van der Waals surface area contributed by atoms with E-state index in [9.17, 15) is 9.50 Å². The van der Waals surface area contributed by atoms with E-state index in [1.165, 1.54) is 18.2 Å². The van der Waals surface area contributed by atoms with Crippen LogP contribution in [0.2, 0.25) is 5.02 Å². The first-order valence-corrected chi connectivity index (χ1v) is 9.10. The minimum Gasteiger partial charge on any atom is -0.493 e. The molecule has 27 heavy (non-hydrogen) atoms. The van der Waals surface area contributed by atoms with Crippen LogP contribution in [0.5, 0.6) is 17.2 Å². The lowest BCUT2D eigenvalue weighted by molar-refractivity contribution is 0.00773. The molecule has 0 aromatic heterocycles. The van der Waals surface area contributed by atoms with E-state index in [4.69, 9.17) is 25.8 Å². The van der Waals surface area contributed by atoms with Crippen LogP contribution < -0.4 is 19.5 Å². The van der Waals surface area contributed by atoms with Crippen molar-refractivity contribution in [1.29, 1.82) is 0 Å². The van der Waals surface area contributed by atoms with E-state index in [1.807, 2.05) is 19.1 Å². The van der Waals surface area contributed by atoms with E-state index in [1.54, 1.807) is 20.3 Å². The lowest BCUT2D eigenvalue weighted by Gasteiger charge is -2.25. The Labute approximate surface area is 164 Å². The van der Waals surface area contributed by atoms with Gasteiger partial charge in [0.2, 0.25) is 0 Å². The molecule has 0 spiro atoms. The van der Waals surface area contributed by atoms with Crippen LogP contribution in [0.25, 0.3) is 0 Å². The first-order chi connectivity index (χ1) is 13.0. The van der Waals surface area contributed by atoms with E-state index < -0.39 is 18.1 Å².